The molecular formula is C19H23N3O3S. The van der Waals surface area contributed by atoms with Crippen LogP contribution in [0.25, 0.3) is 0 Å². The highest BCUT2D eigenvalue weighted by Crippen LogP contribution is 2.21. The molecule has 1 aromatic heterocycles. The van der Waals surface area contributed by atoms with E-state index in [0.29, 0.717) is 37.4 Å². The highest BCUT2D eigenvalue weighted by atomic mass is 32.2. The van der Waals surface area contributed by atoms with E-state index in [-0.39, 0.29) is 5.91 Å². The molecule has 0 saturated carbocycles. The van der Waals surface area contributed by atoms with Gasteiger partial charge in [0.1, 0.15) is 0 Å². The first-order valence-corrected chi connectivity index (χ1v) is 10.3. The van der Waals surface area contributed by atoms with Gasteiger partial charge in [-0.3, -0.25) is 9.78 Å². The summed E-state index contributed by atoms with van der Waals surface area (Å²) in [6.07, 6.45) is 4.46. The van der Waals surface area contributed by atoms with Crippen LogP contribution >= 0.6 is 0 Å². The topological polar surface area (TPSA) is 79.4 Å². The number of aryl methyl sites for hydroxylation is 1. The van der Waals surface area contributed by atoms with Gasteiger partial charge in [0.05, 0.1) is 17.1 Å². The molecule has 138 valence electrons. The van der Waals surface area contributed by atoms with Gasteiger partial charge in [0, 0.05) is 25.7 Å². The van der Waals surface area contributed by atoms with E-state index in [2.05, 4.69) is 10.3 Å². The number of benzene rings is 1. The predicted octanol–water partition coefficient (Wildman–Crippen LogP) is 2.12. The van der Waals surface area contributed by atoms with Crippen LogP contribution in [-0.2, 0) is 27.8 Å². The SMILES string of the molecule is O=C(CCc1ccc(S(=O)(=O)N2CCCC2)cc1)NCc1ccccn1. The second kappa shape index (κ2) is 8.42. The van der Waals surface area contributed by atoms with Gasteiger partial charge in [-0.25, -0.2) is 8.42 Å². The summed E-state index contributed by atoms with van der Waals surface area (Å²) in [7, 11) is -3.38. The van der Waals surface area contributed by atoms with Gasteiger partial charge in [-0.2, -0.15) is 4.31 Å². The zero-order valence-corrected chi connectivity index (χ0v) is 15.4. The maximum Gasteiger partial charge on any atom is 0.243 e. The highest BCUT2D eigenvalue weighted by Gasteiger charge is 2.26. The molecule has 0 radical (unpaired) electrons. The van der Waals surface area contributed by atoms with Gasteiger partial charge in [0.25, 0.3) is 0 Å². The van der Waals surface area contributed by atoms with Crippen molar-refractivity contribution in [3.8, 4) is 0 Å². The number of rotatable bonds is 7. The Morgan fingerprint density at radius 3 is 2.46 bits per heavy atom. The molecule has 7 heteroatoms. The first-order chi connectivity index (χ1) is 12.6. The summed E-state index contributed by atoms with van der Waals surface area (Å²) in [6.45, 7) is 1.60. The van der Waals surface area contributed by atoms with E-state index in [4.69, 9.17) is 0 Å². The second-order valence-electron chi connectivity index (χ2n) is 6.35. The average Bonchev–Trinajstić information content (AvgIpc) is 3.21. The van der Waals surface area contributed by atoms with E-state index in [1.807, 2.05) is 18.2 Å². The Kier molecular flexibility index (Phi) is 6.00. The number of sulfonamides is 1. The lowest BCUT2D eigenvalue weighted by molar-refractivity contribution is -0.121. The maximum atomic E-state index is 12.5. The third kappa shape index (κ3) is 4.68. The average molecular weight is 373 g/mol. The number of pyridine rings is 1. The predicted molar refractivity (Wildman–Crippen MR) is 98.8 cm³/mol. The van der Waals surface area contributed by atoms with Crippen molar-refractivity contribution in [3.63, 3.8) is 0 Å². The normalized spacial score (nSPS) is 15.1. The zero-order valence-electron chi connectivity index (χ0n) is 14.6. The molecule has 1 aliphatic heterocycles. The minimum Gasteiger partial charge on any atom is -0.350 e. The van der Waals surface area contributed by atoms with Gasteiger partial charge < -0.3 is 5.32 Å². The molecule has 2 heterocycles. The maximum absolute atomic E-state index is 12.5. The summed E-state index contributed by atoms with van der Waals surface area (Å²) >= 11 is 0. The summed E-state index contributed by atoms with van der Waals surface area (Å²) in [5.74, 6) is -0.0515. The molecule has 1 N–H and O–H groups in total. The van der Waals surface area contributed by atoms with Crippen molar-refractivity contribution in [1.82, 2.24) is 14.6 Å². The van der Waals surface area contributed by atoms with E-state index in [1.165, 1.54) is 4.31 Å². The van der Waals surface area contributed by atoms with E-state index < -0.39 is 10.0 Å². The number of hydrogen-bond donors (Lipinski definition) is 1. The van der Waals surface area contributed by atoms with Crippen molar-refractivity contribution in [2.75, 3.05) is 13.1 Å². The molecule has 0 bridgehead atoms. The molecule has 0 spiro atoms. The minimum absolute atomic E-state index is 0.0515. The fraction of sp³-hybridized carbons (Fsp3) is 0.368. The summed E-state index contributed by atoms with van der Waals surface area (Å²) in [5, 5.41) is 2.84. The molecule has 0 atom stereocenters. The Hall–Kier alpha value is -2.25. The van der Waals surface area contributed by atoms with Crippen molar-refractivity contribution >= 4 is 15.9 Å². The Bertz CT molecular complexity index is 830. The molecule has 0 aliphatic carbocycles. The van der Waals surface area contributed by atoms with Crippen LogP contribution < -0.4 is 5.32 Å². The van der Waals surface area contributed by atoms with Crippen molar-refractivity contribution in [2.45, 2.75) is 37.1 Å². The lowest BCUT2D eigenvalue weighted by Gasteiger charge is -2.15. The summed E-state index contributed by atoms with van der Waals surface area (Å²) in [4.78, 5) is 16.4. The van der Waals surface area contributed by atoms with E-state index in [1.54, 1.807) is 30.5 Å². The van der Waals surface area contributed by atoms with Gasteiger partial charge in [0.2, 0.25) is 15.9 Å². The quantitative estimate of drug-likeness (QED) is 0.806. The van der Waals surface area contributed by atoms with Crippen LogP contribution in [0.2, 0.25) is 0 Å². The van der Waals surface area contributed by atoms with Crippen LogP contribution in [-0.4, -0.2) is 36.7 Å². The van der Waals surface area contributed by atoms with Crippen LogP contribution in [0.15, 0.2) is 53.6 Å². The van der Waals surface area contributed by atoms with Crippen molar-refractivity contribution in [1.29, 1.82) is 0 Å². The number of amides is 1. The molecule has 2 aromatic rings. The molecule has 26 heavy (non-hydrogen) atoms. The van der Waals surface area contributed by atoms with Gasteiger partial charge in [0.15, 0.2) is 0 Å². The molecule has 1 fully saturated rings. The monoisotopic (exact) mass is 373 g/mol. The zero-order chi connectivity index (χ0) is 18.4. The van der Waals surface area contributed by atoms with Gasteiger partial charge in [-0.1, -0.05) is 18.2 Å². The lowest BCUT2D eigenvalue weighted by Crippen LogP contribution is -2.27. The van der Waals surface area contributed by atoms with E-state index >= 15 is 0 Å². The van der Waals surface area contributed by atoms with E-state index in [9.17, 15) is 13.2 Å². The molecule has 1 amide bonds. The fourth-order valence-corrected chi connectivity index (χ4v) is 4.46. The minimum atomic E-state index is -3.38. The van der Waals surface area contributed by atoms with Crippen LogP contribution in [0.4, 0.5) is 0 Å². The fourth-order valence-electron chi connectivity index (χ4n) is 2.94. The summed E-state index contributed by atoms with van der Waals surface area (Å²) in [6, 6.07) is 12.4. The lowest BCUT2D eigenvalue weighted by atomic mass is 10.1. The summed E-state index contributed by atoms with van der Waals surface area (Å²) in [5.41, 5.74) is 1.76. The molecule has 6 nitrogen and oxygen atoms in total. The first kappa shape index (κ1) is 18.5. The Labute approximate surface area is 154 Å². The number of carbonyl (C=O) groups excluding carboxylic acids is 1. The number of nitrogens with zero attached hydrogens (tertiary/aromatic N) is 2. The van der Waals surface area contributed by atoms with Crippen LogP contribution in [0.5, 0.6) is 0 Å². The third-order valence-corrected chi connectivity index (χ3v) is 6.37. The van der Waals surface area contributed by atoms with Crippen LogP contribution in [0.1, 0.15) is 30.5 Å². The van der Waals surface area contributed by atoms with Crippen LogP contribution in [0.3, 0.4) is 0 Å². The van der Waals surface area contributed by atoms with Gasteiger partial charge in [-0.05, 0) is 49.1 Å². The molecule has 1 saturated heterocycles. The molecule has 3 rings (SSSR count). The highest BCUT2D eigenvalue weighted by molar-refractivity contribution is 7.89. The third-order valence-electron chi connectivity index (χ3n) is 4.46. The van der Waals surface area contributed by atoms with E-state index in [0.717, 1.165) is 24.1 Å². The Morgan fingerprint density at radius 2 is 1.81 bits per heavy atom. The summed E-state index contributed by atoms with van der Waals surface area (Å²) < 4.78 is 26.5. The van der Waals surface area contributed by atoms with Crippen molar-refractivity contribution in [2.24, 2.45) is 0 Å². The Balaban J connectivity index is 1.50. The standard InChI is InChI=1S/C19H23N3O3S/c23-19(21-15-17-5-1-2-12-20-17)11-8-16-6-9-18(10-7-16)26(24,25)22-13-3-4-14-22/h1-2,5-7,9-10,12H,3-4,8,11,13-15H2,(H,21,23). The number of hydrogen-bond acceptors (Lipinski definition) is 4. The van der Waals surface area contributed by atoms with Gasteiger partial charge >= 0.3 is 0 Å². The first-order valence-electron chi connectivity index (χ1n) is 8.81. The smallest absolute Gasteiger partial charge is 0.243 e. The largest absolute Gasteiger partial charge is 0.350 e. The second-order valence-corrected chi connectivity index (χ2v) is 8.29. The number of carbonyl (C=O) groups is 1. The molecule has 0 unspecified atom stereocenters. The molecule has 1 aliphatic rings. The molecular weight excluding hydrogens is 350 g/mol. The molecule has 1 aromatic carbocycles. The van der Waals surface area contributed by atoms with Crippen molar-refractivity contribution in [3.05, 3.63) is 59.9 Å². The van der Waals surface area contributed by atoms with Crippen LogP contribution in [0, 0.1) is 0 Å². The number of nitrogens with one attached hydrogen (secondary N) is 1. The number of aromatic nitrogens is 1. The Morgan fingerprint density at radius 1 is 1.08 bits per heavy atom. The van der Waals surface area contributed by atoms with Gasteiger partial charge in [-0.15, -0.1) is 0 Å². The van der Waals surface area contributed by atoms with Crippen molar-refractivity contribution < 1.29 is 13.2 Å².